The van der Waals surface area contributed by atoms with Gasteiger partial charge in [0.15, 0.2) is 0 Å². The molecular weight excluding hydrogens is 256 g/mol. The lowest BCUT2D eigenvalue weighted by Gasteiger charge is -2.19. The van der Waals surface area contributed by atoms with Crippen LogP contribution >= 0.6 is 0 Å². The Kier molecular flexibility index (Phi) is 4.03. The summed E-state index contributed by atoms with van der Waals surface area (Å²) in [7, 11) is 1.87. The van der Waals surface area contributed by atoms with Gasteiger partial charge in [0.2, 0.25) is 5.91 Å². The molecule has 0 spiro atoms. The summed E-state index contributed by atoms with van der Waals surface area (Å²) in [5.41, 5.74) is 1.06. The number of nitrogens with one attached hydrogen (secondary N) is 2. The summed E-state index contributed by atoms with van der Waals surface area (Å²) < 4.78 is 7.12. The van der Waals surface area contributed by atoms with Crippen molar-refractivity contribution in [3.05, 3.63) is 11.8 Å². The topological polar surface area (TPSA) is 68.2 Å². The Morgan fingerprint density at radius 1 is 1.40 bits per heavy atom. The van der Waals surface area contributed by atoms with E-state index in [4.69, 9.17) is 4.74 Å². The molecule has 0 unspecified atom stereocenters. The minimum atomic E-state index is -0.00146. The van der Waals surface area contributed by atoms with E-state index in [9.17, 15) is 4.79 Å². The lowest BCUT2D eigenvalue weighted by atomic mass is 9.97. The number of carbonyl (C=O) groups excluding carboxylic acids is 1. The third-order valence-electron chi connectivity index (χ3n) is 3.93. The van der Waals surface area contributed by atoms with Crippen LogP contribution in [0.2, 0.25) is 0 Å². The highest BCUT2D eigenvalue weighted by atomic mass is 16.5. The van der Waals surface area contributed by atoms with Crippen molar-refractivity contribution in [1.29, 1.82) is 0 Å². The number of hydrogen-bond acceptors (Lipinski definition) is 4. The van der Waals surface area contributed by atoms with Crippen molar-refractivity contribution in [1.82, 2.24) is 15.1 Å². The smallest absolute Gasteiger partial charge is 0.239 e. The first kappa shape index (κ1) is 13.6. The van der Waals surface area contributed by atoms with Gasteiger partial charge in [0, 0.05) is 38.3 Å². The van der Waals surface area contributed by atoms with Gasteiger partial charge in [-0.25, -0.2) is 0 Å². The molecule has 1 saturated heterocycles. The second-order valence-electron chi connectivity index (χ2n) is 5.67. The van der Waals surface area contributed by atoms with Crippen molar-refractivity contribution >= 4 is 11.7 Å². The van der Waals surface area contributed by atoms with Crippen molar-refractivity contribution < 1.29 is 9.53 Å². The molecule has 1 aromatic rings. The van der Waals surface area contributed by atoms with Crippen LogP contribution in [0.4, 0.5) is 5.82 Å². The third-order valence-corrected chi connectivity index (χ3v) is 3.93. The van der Waals surface area contributed by atoms with E-state index < -0.39 is 0 Å². The molecule has 1 aliphatic heterocycles. The lowest BCUT2D eigenvalue weighted by molar-refractivity contribution is -0.115. The van der Waals surface area contributed by atoms with E-state index in [1.54, 1.807) is 4.68 Å². The van der Waals surface area contributed by atoms with Crippen LogP contribution in [0.1, 0.15) is 37.3 Å². The molecule has 0 radical (unpaired) electrons. The molecule has 1 amide bonds. The van der Waals surface area contributed by atoms with Gasteiger partial charge in [-0.3, -0.25) is 9.48 Å². The molecule has 6 heteroatoms. The fraction of sp³-hybridized carbons (Fsp3) is 0.714. The Hall–Kier alpha value is -1.40. The van der Waals surface area contributed by atoms with Gasteiger partial charge < -0.3 is 15.4 Å². The molecule has 2 N–H and O–H groups in total. The number of ether oxygens (including phenoxy) is 1. The fourth-order valence-electron chi connectivity index (χ4n) is 2.51. The van der Waals surface area contributed by atoms with Gasteiger partial charge in [-0.05, 0) is 25.7 Å². The number of nitrogens with zero attached hydrogens (tertiary/aromatic N) is 2. The van der Waals surface area contributed by atoms with Gasteiger partial charge in [-0.15, -0.1) is 0 Å². The van der Waals surface area contributed by atoms with Crippen LogP contribution in [0.3, 0.4) is 0 Å². The van der Waals surface area contributed by atoms with Crippen LogP contribution in [0.25, 0.3) is 0 Å². The highest BCUT2D eigenvalue weighted by Gasteiger charge is 2.22. The summed E-state index contributed by atoms with van der Waals surface area (Å²) in [4.78, 5) is 11.8. The molecule has 1 aliphatic carbocycles. The van der Waals surface area contributed by atoms with Crippen molar-refractivity contribution in [2.75, 3.05) is 25.1 Å². The highest BCUT2D eigenvalue weighted by Crippen LogP contribution is 2.27. The quantitative estimate of drug-likeness (QED) is 0.843. The minimum Gasteiger partial charge on any atom is -0.381 e. The van der Waals surface area contributed by atoms with Crippen LogP contribution in [-0.4, -0.2) is 41.5 Å². The average Bonchev–Trinajstić information content (AvgIpc) is 3.22. The first-order valence-electron chi connectivity index (χ1n) is 7.37. The predicted molar refractivity (Wildman–Crippen MR) is 75.7 cm³/mol. The third kappa shape index (κ3) is 3.37. The molecule has 2 heterocycles. The van der Waals surface area contributed by atoms with E-state index in [2.05, 4.69) is 15.7 Å². The highest BCUT2D eigenvalue weighted by molar-refractivity contribution is 5.91. The number of carbonyl (C=O) groups is 1. The van der Waals surface area contributed by atoms with E-state index in [-0.39, 0.29) is 5.91 Å². The van der Waals surface area contributed by atoms with E-state index in [1.807, 2.05) is 13.1 Å². The number of hydrogen-bond donors (Lipinski definition) is 2. The summed E-state index contributed by atoms with van der Waals surface area (Å²) in [6.07, 6.45) is 4.39. The van der Waals surface area contributed by atoms with Crippen LogP contribution in [0.15, 0.2) is 6.07 Å². The molecule has 110 valence electrons. The maximum atomic E-state index is 11.8. The van der Waals surface area contributed by atoms with Gasteiger partial charge in [-0.2, -0.15) is 5.10 Å². The lowest BCUT2D eigenvalue weighted by Crippen LogP contribution is -2.30. The molecule has 2 aliphatic rings. The van der Waals surface area contributed by atoms with Gasteiger partial charge in [0.1, 0.15) is 5.82 Å². The predicted octanol–water partition coefficient (Wildman–Crippen LogP) is 1.00. The molecule has 2 fully saturated rings. The molecule has 0 atom stereocenters. The van der Waals surface area contributed by atoms with E-state index in [0.717, 1.165) is 37.6 Å². The van der Waals surface area contributed by atoms with E-state index in [1.165, 1.54) is 12.8 Å². The molecule has 6 nitrogen and oxygen atoms in total. The Morgan fingerprint density at radius 2 is 2.15 bits per heavy atom. The first-order valence-corrected chi connectivity index (χ1v) is 7.37. The van der Waals surface area contributed by atoms with Gasteiger partial charge in [0.25, 0.3) is 0 Å². The van der Waals surface area contributed by atoms with Crippen LogP contribution < -0.4 is 10.6 Å². The molecular formula is C14H22N4O2. The second-order valence-corrected chi connectivity index (χ2v) is 5.67. The Balaban J connectivity index is 1.57. The molecule has 20 heavy (non-hydrogen) atoms. The Labute approximate surface area is 118 Å². The van der Waals surface area contributed by atoms with Crippen LogP contribution in [0.5, 0.6) is 0 Å². The van der Waals surface area contributed by atoms with Crippen molar-refractivity contribution in [2.24, 2.45) is 7.05 Å². The Morgan fingerprint density at radius 3 is 2.85 bits per heavy atom. The van der Waals surface area contributed by atoms with Gasteiger partial charge in [0.05, 0.1) is 12.2 Å². The standard InChI is InChI=1S/C14H22N4O2/c1-18-13(16-14(19)9-15-11-2-3-11)8-12(17-18)10-4-6-20-7-5-10/h8,10-11,15H,2-7,9H2,1H3,(H,16,19). The second kappa shape index (κ2) is 5.93. The maximum absolute atomic E-state index is 11.8. The molecule has 0 bridgehead atoms. The maximum Gasteiger partial charge on any atom is 0.239 e. The summed E-state index contributed by atoms with van der Waals surface area (Å²) in [5.74, 6) is 1.22. The van der Waals surface area contributed by atoms with Crippen molar-refractivity contribution in [3.63, 3.8) is 0 Å². The number of aryl methyl sites for hydroxylation is 1. The van der Waals surface area contributed by atoms with Crippen molar-refractivity contribution in [3.8, 4) is 0 Å². The molecule has 0 aromatic carbocycles. The number of amides is 1. The minimum absolute atomic E-state index is 0.00146. The normalized spacial score (nSPS) is 20.1. The summed E-state index contributed by atoms with van der Waals surface area (Å²) >= 11 is 0. The van der Waals surface area contributed by atoms with Crippen LogP contribution in [-0.2, 0) is 16.6 Å². The average molecular weight is 278 g/mol. The zero-order chi connectivity index (χ0) is 13.9. The van der Waals surface area contributed by atoms with Crippen molar-refractivity contribution in [2.45, 2.75) is 37.6 Å². The SMILES string of the molecule is Cn1nc(C2CCOCC2)cc1NC(=O)CNC1CC1. The Bertz CT molecular complexity index is 476. The zero-order valence-corrected chi connectivity index (χ0v) is 11.9. The molecule has 1 saturated carbocycles. The van der Waals surface area contributed by atoms with Crippen LogP contribution in [0, 0.1) is 0 Å². The fourth-order valence-corrected chi connectivity index (χ4v) is 2.51. The monoisotopic (exact) mass is 278 g/mol. The van der Waals surface area contributed by atoms with E-state index in [0.29, 0.717) is 18.5 Å². The summed E-state index contributed by atoms with van der Waals surface area (Å²) in [6.45, 7) is 1.98. The zero-order valence-electron chi connectivity index (χ0n) is 11.9. The van der Waals surface area contributed by atoms with Gasteiger partial charge in [-0.1, -0.05) is 0 Å². The first-order chi connectivity index (χ1) is 9.72. The number of rotatable bonds is 5. The number of aromatic nitrogens is 2. The summed E-state index contributed by atoms with van der Waals surface area (Å²) in [5, 5.41) is 10.6. The molecule has 1 aromatic heterocycles. The van der Waals surface area contributed by atoms with E-state index >= 15 is 0 Å². The summed E-state index contributed by atoms with van der Waals surface area (Å²) in [6, 6.07) is 2.54. The largest absolute Gasteiger partial charge is 0.381 e. The number of anilines is 1. The molecule has 3 rings (SSSR count). The van der Waals surface area contributed by atoms with Gasteiger partial charge >= 0.3 is 0 Å².